The van der Waals surface area contributed by atoms with Crippen molar-refractivity contribution in [2.75, 3.05) is 23.7 Å². The van der Waals surface area contributed by atoms with E-state index < -0.39 is 0 Å². The summed E-state index contributed by atoms with van der Waals surface area (Å²) in [7, 11) is 0. The van der Waals surface area contributed by atoms with E-state index >= 15 is 0 Å². The van der Waals surface area contributed by atoms with Crippen molar-refractivity contribution in [3.8, 4) is 0 Å². The van der Waals surface area contributed by atoms with Crippen LogP contribution in [0.2, 0.25) is 0 Å². The van der Waals surface area contributed by atoms with Crippen molar-refractivity contribution in [1.82, 2.24) is 15.5 Å². The van der Waals surface area contributed by atoms with Gasteiger partial charge in [0.25, 0.3) is 0 Å². The summed E-state index contributed by atoms with van der Waals surface area (Å²) in [6.07, 6.45) is 1.76. The maximum atomic E-state index is 12.5. The zero-order valence-corrected chi connectivity index (χ0v) is 17.1. The van der Waals surface area contributed by atoms with Gasteiger partial charge in [-0.05, 0) is 18.6 Å². The summed E-state index contributed by atoms with van der Waals surface area (Å²) < 4.78 is 5.18. The maximum absolute atomic E-state index is 12.5. The Hall–Kier alpha value is -2.35. The predicted octanol–water partition coefficient (Wildman–Crippen LogP) is 3.16. The number of fused-ring (bicyclic) bond motifs is 1. The Morgan fingerprint density at radius 3 is 2.89 bits per heavy atom. The first-order valence-electron chi connectivity index (χ1n) is 9.66. The third kappa shape index (κ3) is 5.34. The molecule has 0 atom stereocenters. The van der Waals surface area contributed by atoms with Crippen LogP contribution in [0.1, 0.15) is 50.7 Å². The Balaban J connectivity index is 1.37. The second-order valence-electron chi connectivity index (χ2n) is 7.02. The molecule has 150 valence electrons. The summed E-state index contributed by atoms with van der Waals surface area (Å²) in [6, 6.07) is 7.90. The molecule has 0 unspecified atom stereocenters. The molecule has 0 spiro atoms. The van der Waals surface area contributed by atoms with Gasteiger partial charge in [0.15, 0.2) is 5.82 Å². The quantitative estimate of drug-likeness (QED) is 0.683. The lowest BCUT2D eigenvalue weighted by Gasteiger charge is -2.29. The van der Waals surface area contributed by atoms with Crippen LogP contribution in [-0.4, -0.2) is 40.8 Å². The molecule has 0 bridgehead atoms. The number of rotatable bonds is 8. The summed E-state index contributed by atoms with van der Waals surface area (Å²) >= 11 is 1.76. The van der Waals surface area contributed by atoms with E-state index in [1.165, 1.54) is 0 Å². The Kier molecular flexibility index (Phi) is 7.08. The molecular weight excluding hydrogens is 376 g/mol. The maximum Gasteiger partial charge on any atom is 0.227 e. The zero-order chi connectivity index (χ0) is 19.9. The highest BCUT2D eigenvalue weighted by molar-refractivity contribution is 7.99. The number of amides is 2. The number of nitrogens with zero attached hydrogens (tertiary/aromatic N) is 3. The van der Waals surface area contributed by atoms with Crippen molar-refractivity contribution >= 4 is 29.3 Å². The van der Waals surface area contributed by atoms with Gasteiger partial charge >= 0.3 is 0 Å². The summed E-state index contributed by atoms with van der Waals surface area (Å²) in [5, 5.41) is 6.78. The third-order valence-corrected chi connectivity index (χ3v) is 5.53. The fourth-order valence-corrected chi connectivity index (χ4v) is 3.94. The summed E-state index contributed by atoms with van der Waals surface area (Å²) in [5.74, 6) is 2.30. The highest BCUT2D eigenvalue weighted by Crippen LogP contribution is 2.34. The van der Waals surface area contributed by atoms with E-state index in [1.54, 1.807) is 16.7 Å². The molecule has 28 heavy (non-hydrogen) atoms. The summed E-state index contributed by atoms with van der Waals surface area (Å²) in [6.45, 7) is 5.23. The predicted molar refractivity (Wildman–Crippen MR) is 108 cm³/mol. The largest absolute Gasteiger partial charge is 0.356 e. The van der Waals surface area contributed by atoms with Crippen molar-refractivity contribution in [3.63, 3.8) is 0 Å². The Labute approximate surface area is 169 Å². The smallest absolute Gasteiger partial charge is 0.227 e. The standard InChI is InChI=1S/C20H26N4O3S/c1-14(2)20-22-18(27-23-20)8-5-11-21-17(25)9-10-19(26)24-12-13-28-16-7-4-3-6-15(16)24/h3-4,6-7,14H,5,8-13H2,1-2H3,(H,21,25). The Bertz CT molecular complexity index is 821. The third-order valence-electron chi connectivity index (χ3n) is 4.49. The van der Waals surface area contributed by atoms with Gasteiger partial charge in [0.2, 0.25) is 17.7 Å². The first-order valence-corrected chi connectivity index (χ1v) is 10.6. The van der Waals surface area contributed by atoms with Crippen molar-refractivity contribution in [3.05, 3.63) is 36.0 Å². The summed E-state index contributed by atoms with van der Waals surface area (Å²) in [5.41, 5.74) is 0.949. The minimum atomic E-state index is -0.110. The number of carbonyl (C=O) groups is 2. The van der Waals surface area contributed by atoms with Crippen LogP contribution in [0.4, 0.5) is 5.69 Å². The molecule has 0 saturated carbocycles. The van der Waals surface area contributed by atoms with Crippen LogP contribution in [0, 0.1) is 0 Å². The minimum absolute atomic E-state index is 0.00465. The van der Waals surface area contributed by atoms with Crippen LogP contribution >= 0.6 is 11.8 Å². The molecule has 1 aromatic carbocycles. The highest BCUT2D eigenvalue weighted by atomic mass is 32.2. The molecule has 1 aliphatic rings. The van der Waals surface area contributed by atoms with Crippen molar-refractivity contribution in [2.24, 2.45) is 0 Å². The monoisotopic (exact) mass is 402 g/mol. The fraction of sp³-hybridized carbons (Fsp3) is 0.500. The van der Waals surface area contributed by atoms with Crippen LogP contribution in [0.5, 0.6) is 0 Å². The molecule has 1 aliphatic heterocycles. The van der Waals surface area contributed by atoms with E-state index in [-0.39, 0.29) is 30.6 Å². The van der Waals surface area contributed by atoms with Crippen LogP contribution in [0.25, 0.3) is 0 Å². The number of benzene rings is 1. The molecule has 0 saturated heterocycles. The number of hydrogen-bond acceptors (Lipinski definition) is 6. The van der Waals surface area contributed by atoms with Gasteiger partial charge in [0.05, 0.1) is 5.69 Å². The van der Waals surface area contributed by atoms with Crippen LogP contribution in [0.15, 0.2) is 33.7 Å². The number of aryl methyl sites for hydroxylation is 1. The van der Waals surface area contributed by atoms with Gasteiger partial charge in [-0.15, -0.1) is 11.8 Å². The van der Waals surface area contributed by atoms with Gasteiger partial charge in [0, 0.05) is 48.9 Å². The summed E-state index contributed by atoms with van der Waals surface area (Å²) in [4.78, 5) is 31.8. The molecule has 0 radical (unpaired) electrons. The van der Waals surface area contributed by atoms with Crippen molar-refractivity contribution < 1.29 is 14.1 Å². The lowest BCUT2D eigenvalue weighted by Crippen LogP contribution is -2.36. The lowest BCUT2D eigenvalue weighted by atomic mass is 10.2. The van der Waals surface area contributed by atoms with Crippen molar-refractivity contribution in [1.29, 1.82) is 0 Å². The SMILES string of the molecule is CC(C)c1noc(CCCNC(=O)CCC(=O)N2CCSc3ccccc32)n1. The number of para-hydroxylation sites is 1. The fourth-order valence-electron chi connectivity index (χ4n) is 2.94. The van der Waals surface area contributed by atoms with E-state index in [1.807, 2.05) is 38.1 Å². The first-order chi connectivity index (χ1) is 13.5. The molecule has 1 aromatic heterocycles. The van der Waals surface area contributed by atoms with Gasteiger partial charge < -0.3 is 14.7 Å². The van der Waals surface area contributed by atoms with E-state index in [2.05, 4.69) is 15.5 Å². The average Bonchev–Trinajstić information content (AvgIpc) is 3.18. The minimum Gasteiger partial charge on any atom is -0.356 e. The highest BCUT2D eigenvalue weighted by Gasteiger charge is 2.22. The van der Waals surface area contributed by atoms with Gasteiger partial charge in [0.1, 0.15) is 0 Å². The average molecular weight is 403 g/mol. The molecule has 2 aromatic rings. The molecule has 0 fully saturated rings. The van der Waals surface area contributed by atoms with Crippen LogP contribution in [0.3, 0.4) is 0 Å². The van der Waals surface area contributed by atoms with E-state index in [0.717, 1.165) is 22.8 Å². The van der Waals surface area contributed by atoms with E-state index in [4.69, 9.17) is 4.52 Å². The number of aromatic nitrogens is 2. The molecule has 7 nitrogen and oxygen atoms in total. The molecule has 2 amide bonds. The lowest BCUT2D eigenvalue weighted by molar-refractivity contribution is -0.125. The topological polar surface area (TPSA) is 88.3 Å². The van der Waals surface area contributed by atoms with Gasteiger partial charge in [-0.3, -0.25) is 9.59 Å². The Morgan fingerprint density at radius 2 is 2.11 bits per heavy atom. The molecule has 8 heteroatoms. The second kappa shape index (κ2) is 9.73. The van der Waals surface area contributed by atoms with Gasteiger partial charge in [-0.2, -0.15) is 4.98 Å². The molecule has 2 heterocycles. The molecule has 1 N–H and O–H groups in total. The van der Waals surface area contributed by atoms with Gasteiger partial charge in [-0.25, -0.2) is 0 Å². The number of anilines is 1. The zero-order valence-electron chi connectivity index (χ0n) is 16.3. The van der Waals surface area contributed by atoms with Crippen molar-refractivity contribution in [2.45, 2.75) is 50.3 Å². The second-order valence-corrected chi connectivity index (χ2v) is 8.15. The van der Waals surface area contributed by atoms with Gasteiger partial charge in [-0.1, -0.05) is 31.1 Å². The van der Waals surface area contributed by atoms with Crippen LogP contribution < -0.4 is 10.2 Å². The van der Waals surface area contributed by atoms with E-state index in [9.17, 15) is 9.59 Å². The van der Waals surface area contributed by atoms with E-state index in [0.29, 0.717) is 31.2 Å². The number of carbonyl (C=O) groups excluding carboxylic acids is 2. The Morgan fingerprint density at radius 1 is 1.29 bits per heavy atom. The first kappa shape index (κ1) is 20.4. The number of thioether (sulfide) groups is 1. The number of nitrogens with one attached hydrogen (secondary N) is 1. The molecule has 3 rings (SSSR count). The number of hydrogen-bond donors (Lipinski definition) is 1. The normalized spacial score (nSPS) is 13.5. The van der Waals surface area contributed by atoms with Crippen LogP contribution in [-0.2, 0) is 16.0 Å². The molecule has 0 aliphatic carbocycles. The molecular formula is C20H26N4O3S.